The van der Waals surface area contributed by atoms with Crippen LogP contribution in [0.25, 0.3) is 0 Å². The Bertz CT molecular complexity index is 358. The summed E-state index contributed by atoms with van der Waals surface area (Å²) in [6, 6.07) is 0.193. The van der Waals surface area contributed by atoms with Crippen LogP contribution in [0.15, 0.2) is 12.7 Å². The van der Waals surface area contributed by atoms with Crippen LogP contribution in [0.4, 0.5) is 0 Å². The van der Waals surface area contributed by atoms with E-state index in [-0.39, 0.29) is 25.9 Å². The lowest BCUT2D eigenvalue weighted by Crippen LogP contribution is -2.59. The standard InChI is InChI=1S/C27H56NO3/c1-3-5-6-7-8-9-10-11-12-13-14-15-16-17-18-19-20-27(4-2)28(21-24-29,22-25-30)23-26-31/h4,27,29-31H,2-3,5-26H2,1H3/q+1. The predicted octanol–water partition coefficient (Wildman–Crippen LogP) is 5.99. The lowest BCUT2D eigenvalue weighted by atomic mass is 10.0. The molecule has 0 aromatic rings. The third-order valence-corrected chi connectivity index (χ3v) is 6.97. The molecule has 186 valence electrons. The van der Waals surface area contributed by atoms with Crippen LogP contribution in [-0.2, 0) is 0 Å². The quantitative estimate of drug-likeness (QED) is 0.0925. The minimum Gasteiger partial charge on any atom is -0.391 e. The molecule has 4 nitrogen and oxygen atoms in total. The first-order valence-electron chi connectivity index (χ1n) is 13.5. The van der Waals surface area contributed by atoms with Crippen LogP contribution in [0.5, 0.6) is 0 Å². The van der Waals surface area contributed by atoms with Crippen LogP contribution in [0, 0.1) is 0 Å². The monoisotopic (exact) mass is 442 g/mol. The SMILES string of the molecule is C=CC(CCCCCCCCCCCCCCCCCC)[N+](CCO)(CCO)CCO. The third kappa shape index (κ3) is 15.9. The van der Waals surface area contributed by atoms with Crippen LogP contribution in [-0.4, -0.2) is 65.3 Å². The fourth-order valence-electron chi connectivity index (χ4n) is 4.95. The molecule has 0 bridgehead atoms. The summed E-state index contributed by atoms with van der Waals surface area (Å²) in [5, 5.41) is 28.5. The van der Waals surface area contributed by atoms with E-state index in [2.05, 4.69) is 13.5 Å². The summed E-state index contributed by atoms with van der Waals surface area (Å²) in [6.45, 7) is 8.20. The Morgan fingerprint density at radius 3 is 1.19 bits per heavy atom. The molecule has 0 aliphatic carbocycles. The molecule has 0 amide bonds. The molecular weight excluding hydrogens is 386 g/mol. The predicted molar refractivity (Wildman–Crippen MR) is 134 cm³/mol. The van der Waals surface area contributed by atoms with Crippen molar-refractivity contribution in [1.29, 1.82) is 0 Å². The van der Waals surface area contributed by atoms with Crippen LogP contribution in [0.3, 0.4) is 0 Å². The van der Waals surface area contributed by atoms with Gasteiger partial charge in [-0.25, -0.2) is 0 Å². The summed E-state index contributed by atoms with van der Waals surface area (Å²) in [5.41, 5.74) is 0. The summed E-state index contributed by atoms with van der Waals surface area (Å²) in [6.07, 6.45) is 24.9. The zero-order valence-corrected chi connectivity index (χ0v) is 20.9. The molecule has 0 heterocycles. The number of rotatable bonds is 25. The van der Waals surface area contributed by atoms with Crippen molar-refractivity contribution < 1.29 is 19.8 Å². The third-order valence-electron chi connectivity index (χ3n) is 6.97. The number of hydrogen-bond acceptors (Lipinski definition) is 3. The summed E-state index contributed by atoms with van der Waals surface area (Å²) < 4.78 is 0.547. The number of quaternary nitrogens is 1. The summed E-state index contributed by atoms with van der Waals surface area (Å²) in [5.74, 6) is 0. The maximum atomic E-state index is 9.50. The fraction of sp³-hybridized carbons (Fsp3) is 0.926. The van der Waals surface area contributed by atoms with E-state index < -0.39 is 0 Å². The summed E-state index contributed by atoms with van der Waals surface area (Å²) in [4.78, 5) is 0. The lowest BCUT2D eigenvalue weighted by Gasteiger charge is -2.43. The van der Waals surface area contributed by atoms with Gasteiger partial charge in [0.1, 0.15) is 25.7 Å². The molecule has 0 aliphatic rings. The fourth-order valence-corrected chi connectivity index (χ4v) is 4.95. The van der Waals surface area contributed by atoms with E-state index >= 15 is 0 Å². The summed E-state index contributed by atoms with van der Waals surface area (Å²) in [7, 11) is 0. The van der Waals surface area contributed by atoms with Gasteiger partial charge in [-0.1, -0.05) is 110 Å². The molecule has 0 spiro atoms. The van der Waals surface area contributed by atoms with Gasteiger partial charge in [0.25, 0.3) is 0 Å². The number of aliphatic hydroxyl groups is 3. The van der Waals surface area contributed by atoms with Gasteiger partial charge in [0.15, 0.2) is 0 Å². The van der Waals surface area contributed by atoms with Crippen molar-refractivity contribution in [2.75, 3.05) is 39.5 Å². The van der Waals surface area contributed by atoms with Crippen molar-refractivity contribution in [3.8, 4) is 0 Å². The second-order valence-corrected chi connectivity index (χ2v) is 9.46. The van der Waals surface area contributed by atoms with Gasteiger partial charge in [-0.2, -0.15) is 0 Å². The van der Waals surface area contributed by atoms with Crippen molar-refractivity contribution >= 4 is 0 Å². The van der Waals surface area contributed by atoms with Crippen molar-refractivity contribution in [2.45, 2.75) is 122 Å². The van der Waals surface area contributed by atoms with Gasteiger partial charge < -0.3 is 19.8 Å². The van der Waals surface area contributed by atoms with Gasteiger partial charge in [-0.3, -0.25) is 0 Å². The molecule has 4 heteroatoms. The Morgan fingerprint density at radius 1 is 0.581 bits per heavy atom. The number of aliphatic hydroxyl groups excluding tert-OH is 3. The Kier molecular flexibility index (Phi) is 22.5. The molecule has 0 saturated carbocycles. The van der Waals surface area contributed by atoms with E-state index in [1.54, 1.807) is 0 Å². The Balaban J connectivity index is 3.74. The van der Waals surface area contributed by atoms with Gasteiger partial charge in [0, 0.05) is 6.42 Å². The second-order valence-electron chi connectivity index (χ2n) is 9.46. The largest absolute Gasteiger partial charge is 0.391 e. The molecule has 0 saturated heterocycles. The highest BCUT2D eigenvalue weighted by atomic mass is 16.3. The van der Waals surface area contributed by atoms with Crippen LogP contribution in [0.1, 0.15) is 116 Å². The van der Waals surface area contributed by atoms with Gasteiger partial charge >= 0.3 is 0 Å². The van der Waals surface area contributed by atoms with E-state index in [9.17, 15) is 15.3 Å². The molecule has 3 N–H and O–H groups in total. The number of unbranched alkanes of at least 4 members (excludes halogenated alkanes) is 15. The average Bonchev–Trinajstić information content (AvgIpc) is 2.76. The highest BCUT2D eigenvalue weighted by molar-refractivity contribution is 4.81. The normalized spacial score (nSPS) is 12.9. The lowest BCUT2D eigenvalue weighted by molar-refractivity contribution is -0.946. The molecular formula is C27H56NO3+. The molecule has 0 rings (SSSR count). The number of nitrogens with zero attached hydrogens (tertiary/aromatic N) is 1. The van der Waals surface area contributed by atoms with E-state index in [0.717, 1.165) is 12.8 Å². The van der Waals surface area contributed by atoms with Gasteiger partial charge in [0.2, 0.25) is 0 Å². The van der Waals surface area contributed by atoms with Crippen LogP contribution in [0.2, 0.25) is 0 Å². The van der Waals surface area contributed by atoms with E-state index in [4.69, 9.17) is 0 Å². The number of hydrogen-bond donors (Lipinski definition) is 3. The first-order chi connectivity index (χ1) is 15.2. The Labute approximate surface area is 194 Å². The highest BCUT2D eigenvalue weighted by Gasteiger charge is 2.33. The molecule has 0 aromatic carbocycles. The first kappa shape index (κ1) is 30.6. The van der Waals surface area contributed by atoms with Gasteiger partial charge in [0.05, 0.1) is 19.8 Å². The smallest absolute Gasteiger partial charge is 0.108 e. The minimum atomic E-state index is 0.0727. The molecule has 0 fully saturated rings. The maximum Gasteiger partial charge on any atom is 0.108 e. The minimum absolute atomic E-state index is 0.0727. The topological polar surface area (TPSA) is 60.7 Å². The van der Waals surface area contributed by atoms with Crippen molar-refractivity contribution in [3.05, 3.63) is 12.7 Å². The van der Waals surface area contributed by atoms with Crippen LogP contribution < -0.4 is 0 Å². The summed E-state index contributed by atoms with van der Waals surface area (Å²) >= 11 is 0. The van der Waals surface area contributed by atoms with Crippen molar-refractivity contribution in [2.24, 2.45) is 0 Å². The molecule has 0 aromatic heterocycles. The van der Waals surface area contributed by atoms with Crippen molar-refractivity contribution in [3.63, 3.8) is 0 Å². The van der Waals surface area contributed by atoms with Gasteiger partial charge in [-0.15, -0.1) is 0 Å². The average molecular weight is 443 g/mol. The van der Waals surface area contributed by atoms with Crippen LogP contribution >= 0.6 is 0 Å². The van der Waals surface area contributed by atoms with Gasteiger partial charge in [-0.05, 0) is 12.5 Å². The van der Waals surface area contributed by atoms with E-state index in [0.29, 0.717) is 24.1 Å². The van der Waals surface area contributed by atoms with Crippen molar-refractivity contribution in [1.82, 2.24) is 0 Å². The second kappa shape index (κ2) is 22.8. The first-order valence-corrected chi connectivity index (χ1v) is 13.5. The zero-order chi connectivity index (χ0) is 23.0. The Hall–Kier alpha value is -0.420. The molecule has 31 heavy (non-hydrogen) atoms. The highest BCUT2D eigenvalue weighted by Crippen LogP contribution is 2.21. The van der Waals surface area contributed by atoms with E-state index in [1.165, 1.54) is 96.3 Å². The molecule has 0 aliphatic heterocycles. The Morgan fingerprint density at radius 2 is 0.903 bits per heavy atom. The molecule has 1 unspecified atom stereocenters. The molecule has 0 radical (unpaired) electrons. The zero-order valence-electron chi connectivity index (χ0n) is 20.9. The maximum absolute atomic E-state index is 9.50. The van der Waals surface area contributed by atoms with E-state index in [1.807, 2.05) is 6.08 Å². The molecule has 1 atom stereocenters.